The van der Waals surface area contributed by atoms with Crippen molar-refractivity contribution in [1.82, 2.24) is 0 Å². The lowest BCUT2D eigenvalue weighted by Gasteiger charge is -2.72. The maximum atomic E-state index is 15.0. The molecule has 0 spiro atoms. The number of halogens is 1. The van der Waals surface area contributed by atoms with Crippen LogP contribution in [-0.2, 0) is 20.9 Å². The molecule has 0 aliphatic heterocycles. The SMILES string of the molecule is C=CC.CC.COC(=O)c1ccc(C2=CCC3(C)C(CCC4(C)C3CCC3C5CCCC5(C)CC[C@]34C)C2(C)C)cc1F.O=COCc1ccccc1. The number of carbonyl (C=O) groups excluding carboxylic acids is 2. The van der Waals surface area contributed by atoms with E-state index in [2.05, 4.69) is 58.9 Å². The number of fused-ring (bicyclic) bond motifs is 7. The summed E-state index contributed by atoms with van der Waals surface area (Å²) in [7, 11) is 1.30. The van der Waals surface area contributed by atoms with Crippen molar-refractivity contribution >= 4 is 18.0 Å². The molecule has 7 rings (SSSR count). The van der Waals surface area contributed by atoms with Crippen LogP contribution in [0, 0.1) is 56.6 Å². The number of hydrogen-bond donors (Lipinski definition) is 0. The molecule has 0 aromatic heterocycles. The van der Waals surface area contributed by atoms with Gasteiger partial charge in [0.25, 0.3) is 6.47 Å². The van der Waals surface area contributed by atoms with E-state index in [0.29, 0.717) is 35.2 Å². The Morgan fingerprint density at radius 3 is 2.17 bits per heavy atom. The van der Waals surface area contributed by atoms with Gasteiger partial charge in [-0.15, -0.1) is 6.58 Å². The molecule has 0 radical (unpaired) electrons. The lowest BCUT2D eigenvalue weighted by Crippen LogP contribution is -2.64. The summed E-state index contributed by atoms with van der Waals surface area (Å²) in [6, 6.07) is 14.6. The van der Waals surface area contributed by atoms with Gasteiger partial charge >= 0.3 is 5.97 Å². The largest absolute Gasteiger partial charge is 0.465 e. The first-order chi connectivity index (χ1) is 25.2. The van der Waals surface area contributed by atoms with Gasteiger partial charge in [-0.25, -0.2) is 9.18 Å². The van der Waals surface area contributed by atoms with Gasteiger partial charge in [-0.05, 0) is 144 Å². The molecule has 292 valence electrons. The first-order valence-electron chi connectivity index (χ1n) is 20.4. The zero-order chi connectivity index (χ0) is 39.2. The molecule has 2 aromatic carbocycles. The molecular formula is C48H69FO4. The summed E-state index contributed by atoms with van der Waals surface area (Å²) in [4.78, 5) is 21.7. The Balaban J connectivity index is 0.000000354. The highest BCUT2D eigenvalue weighted by Crippen LogP contribution is 2.77. The number of rotatable bonds is 5. The van der Waals surface area contributed by atoms with Crippen LogP contribution in [0.1, 0.15) is 148 Å². The molecular weight excluding hydrogens is 660 g/mol. The van der Waals surface area contributed by atoms with Crippen molar-refractivity contribution < 1.29 is 23.5 Å². The standard InChI is InChI=1S/C35H49FO2.C8H8O2.C3H6.C2H6/c1-31(2)24(22-10-11-23(27(36)21-22)30(37)38-7)14-17-33(4)28(31)15-18-35(6)29(33)13-12-26-25-9-8-16-32(25,3)19-20-34(26,35)5;9-7-10-6-8-4-2-1-3-5-8;1-3-2;1-2/h10-11,14,21,25-26,28-29H,8-9,12-13,15-20H2,1-7H3;1-5,7H,6H2;3H,1H2,2H3;1-2H3/t25?,26?,28?,29?,32?,33?,34-,35?;;;/m1.../s1. The second-order valence-electron chi connectivity index (χ2n) is 17.9. The fourth-order valence-electron chi connectivity index (χ4n) is 12.7. The van der Waals surface area contributed by atoms with E-state index < -0.39 is 11.8 Å². The van der Waals surface area contributed by atoms with Crippen LogP contribution in [0.4, 0.5) is 4.39 Å². The maximum absolute atomic E-state index is 15.0. The van der Waals surface area contributed by atoms with E-state index in [1.165, 1.54) is 70.5 Å². The predicted molar refractivity (Wildman–Crippen MR) is 217 cm³/mol. The van der Waals surface area contributed by atoms with E-state index in [0.717, 1.165) is 35.3 Å². The molecule has 0 bridgehead atoms. The Labute approximate surface area is 321 Å². The Morgan fingerprint density at radius 2 is 1.55 bits per heavy atom. The smallest absolute Gasteiger partial charge is 0.340 e. The molecule has 53 heavy (non-hydrogen) atoms. The summed E-state index contributed by atoms with van der Waals surface area (Å²) in [5.74, 6) is 2.02. The van der Waals surface area contributed by atoms with E-state index in [1.807, 2.05) is 57.2 Å². The first kappa shape index (κ1) is 42.5. The lowest BCUT2D eigenvalue weighted by molar-refractivity contribution is -0.221. The van der Waals surface area contributed by atoms with Gasteiger partial charge in [0.2, 0.25) is 0 Å². The second kappa shape index (κ2) is 17.1. The number of carbonyl (C=O) groups is 2. The van der Waals surface area contributed by atoms with Crippen LogP contribution in [0.5, 0.6) is 0 Å². The van der Waals surface area contributed by atoms with Crippen molar-refractivity contribution in [3.63, 3.8) is 0 Å². The summed E-state index contributed by atoms with van der Waals surface area (Å²) in [5.41, 5.74) is 4.82. The third kappa shape index (κ3) is 7.70. The Kier molecular flexibility index (Phi) is 13.7. The van der Waals surface area contributed by atoms with Crippen LogP contribution in [-0.4, -0.2) is 19.6 Å². The molecule has 0 heterocycles. The molecule has 4 saturated carbocycles. The van der Waals surface area contributed by atoms with Gasteiger partial charge in [0.05, 0.1) is 12.7 Å². The molecule has 0 N–H and O–H groups in total. The maximum Gasteiger partial charge on any atom is 0.340 e. The number of allylic oxidation sites excluding steroid dienone is 3. The van der Waals surface area contributed by atoms with E-state index >= 15 is 0 Å². The van der Waals surface area contributed by atoms with Crippen LogP contribution >= 0.6 is 0 Å². The van der Waals surface area contributed by atoms with Gasteiger partial charge in [0.15, 0.2) is 0 Å². The Bertz CT molecular complexity index is 1600. The summed E-state index contributed by atoms with van der Waals surface area (Å²) >= 11 is 0. The molecule has 2 aromatic rings. The Morgan fingerprint density at radius 1 is 0.868 bits per heavy atom. The summed E-state index contributed by atoms with van der Waals surface area (Å²) in [6.45, 7) is 25.5. The monoisotopic (exact) mass is 729 g/mol. The highest BCUT2D eigenvalue weighted by Gasteiger charge is 2.68. The topological polar surface area (TPSA) is 52.6 Å². The summed E-state index contributed by atoms with van der Waals surface area (Å²) < 4.78 is 24.3. The first-order valence-corrected chi connectivity index (χ1v) is 20.4. The second-order valence-corrected chi connectivity index (χ2v) is 17.9. The number of ether oxygens (including phenoxy) is 2. The highest BCUT2D eigenvalue weighted by molar-refractivity contribution is 5.90. The summed E-state index contributed by atoms with van der Waals surface area (Å²) in [6.07, 6.45) is 17.8. The van der Waals surface area contributed by atoms with Crippen molar-refractivity contribution in [3.8, 4) is 0 Å². The van der Waals surface area contributed by atoms with Crippen molar-refractivity contribution in [3.05, 3.63) is 89.8 Å². The number of benzene rings is 2. The number of hydrogen-bond acceptors (Lipinski definition) is 4. The minimum Gasteiger partial charge on any atom is -0.465 e. The van der Waals surface area contributed by atoms with Crippen molar-refractivity contribution in [1.29, 1.82) is 0 Å². The molecule has 0 amide bonds. The molecule has 0 saturated heterocycles. The van der Waals surface area contributed by atoms with Gasteiger partial charge in [-0.2, -0.15) is 0 Å². The van der Waals surface area contributed by atoms with Crippen LogP contribution < -0.4 is 0 Å². The van der Waals surface area contributed by atoms with Crippen LogP contribution in [0.3, 0.4) is 0 Å². The molecule has 8 atom stereocenters. The molecule has 4 nitrogen and oxygen atoms in total. The van der Waals surface area contributed by atoms with Gasteiger partial charge in [0, 0.05) is 0 Å². The third-order valence-corrected chi connectivity index (χ3v) is 15.2. The molecule has 7 unspecified atom stereocenters. The predicted octanol–water partition coefficient (Wildman–Crippen LogP) is 13.1. The molecule has 5 heteroatoms. The number of methoxy groups -OCH3 is 1. The zero-order valence-electron chi connectivity index (χ0n) is 34.7. The van der Waals surface area contributed by atoms with Crippen LogP contribution in [0.25, 0.3) is 5.57 Å². The van der Waals surface area contributed by atoms with Gasteiger partial charge in [-0.1, -0.05) is 110 Å². The average Bonchev–Trinajstić information content (AvgIpc) is 3.54. The zero-order valence-corrected chi connectivity index (χ0v) is 34.7. The highest BCUT2D eigenvalue weighted by atomic mass is 19.1. The molecule has 5 aliphatic rings. The van der Waals surface area contributed by atoms with E-state index in [-0.39, 0.29) is 16.4 Å². The normalized spacial score (nSPS) is 34.4. The fourth-order valence-corrected chi connectivity index (χ4v) is 12.7. The molecule has 5 aliphatic carbocycles. The number of esters is 1. The fraction of sp³-hybridized carbons (Fsp3) is 0.625. The minimum atomic E-state index is -0.616. The summed E-state index contributed by atoms with van der Waals surface area (Å²) in [5, 5.41) is 0. The van der Waals surface area contributed by atoms with Crippen molar-refractivity contribution in [2.45, 2.75) is 133 Å². The van der Waals surface area contributed by atoms with Gasteiger partial charge in [-0.3, -0.25) is 4.79 Å². The average molecular weight is 729 g/mol. The third-order valence-electron chi connectivity index (χ3n) is 15.2. The van der Waals surface area contributed by atoms with Crippen molar-refractivity contribution in [2.24, 2.45) is 50.7 Å². The minimum absolute atomic E-state index is 0.0135. The van der Waals surface area contributed by atoms with Crippen LogP contribution in [0.15, 0.2) is 67.3 Å². The lowest BCUT2D eigenvalue weighted by atomic mass is 9.33. The van der Waals surface area contributed by atoms with Crippen molar-refractivity contribution in [2.75, 3.05) is 7.11 Å². The quantitative estimate of drug-likeness (QED) is 0.175. The van der Waals surface area contributed by atoms with E-state index in [4.69, 9.17) is 4.74 Å². The van der Waals surface area contributed by atoms with Crippen LogP contribution in [0.2, 0.25) is 0 Å². The van der Waals surface area contributed by atoms with E-state index in [9.17, 15) is 14.0 Å². The van der Waals surface area contributed by atoms with Gasteiger partial charge in [0.1, 0.15) is 12.4 Å². The van der Waals surface area contributed by atoms with E-state index in [1.54, 1.807) is 18.2 Å². The Hall–Kier alpha value is -3.21. The van der Waals surface area contributed by atoms with Gasteiger partial charge < -0.3 is 9.47 Å². The molecule has 4 fully saturated rings.